The Morgan fingerprint density at radius 1 is 1.07 bits per heavy atom. The minimum Gasteiger partial charge on any atom is -0.497 e. The molecule has 2 heterocycles. The van der Waals surface area contributed by atoms with E-state index in [9.17, 15) is 0 Å². The van der Waals surface area contributed by atoms with Gasteiger partial charge in [-0.15, -0.1) is 0 Å². The van der Waals surface area contributed by atoms with Crippen LogP contribution in [-0.4, -0.2) is 35.2 Å². The van der Waals surface area contributed by atoms with Gasteiger partial charge in [-0.2, -0.15) is 0 Å². The lowest BCUT2D eigenvalue weighted by molar-refractivity contribution is 0.210. The van der Waals surface area contributed by atoms with Crippen molar-refractivity contribution in [1.82, 2.24) is 14.5 Å². The molecule has 0 fully saturated rings. The summed E-state index contributed by atoms with van der Waals surface area (Å²) in [6, 6.07) is 16.2. The first kappa shape index (κ1) is 19.5. The second-order valence-corrected chi connectivity index (χ2v) is 7.44. The summed E-state index contributed by atoms with van der Waals surface area (Å²) >= 11 is 0. The smallest absolute Gasteiger partial charge is 0.126 e. The average Bonchev–Trinajstić information content (AvgIpc) is 3.18. The highest BCUT2D eigenvalue weighted by molar-refractivity contribution is 5.41. The van der Waals surface area contributed by atoms with E-state index in [1.165, 1.54) is 11.3 Å². The summed E-state index contributed by atoms with van der Waals surface area (Å²) in [5, 5.41) is 0. The SMILES string of the molecule is COc1ccc(CC(N)c2ncc3n2CCN(Cc2ccccc2)C3)c(OC)c1. The minimum atomic E-state index is -0.188. The lowest BCUT2D eigenvalue weighted by atomic mass is 10.0. The van der Waals surface area contributed by atoms with Gasteiger partial charge in [-0.3, -0.25) is 4.90 Å². The molecule has 0 spiro atoms. The van der Waals surface area contributed by atoms with Gasteiger partial charge in [-0.05, 0) is 23.6 Å². The maximum Gasteiger partial charge on any atom is 0.126 e. The highest BCUT2D eigenvalue weighted by Gasteiger charge is 2.23. The van der Waals surface area contributed by atoms with Gasteiger partial charge in [0.2, 0.25) is 0 Å². The molecule has 0 bridgehead atoms. The quantitative estimate of drug-likeness (QED) is 0.669. The van der Waals surface area contributed by atoms with Crippen LogP contribution in [0.5, 0.6) is 11.5 Å². The van der Waals surface area contributed by atoms with E-state index >= 15 is 0 Å². The molecule has 0 saturated heterocycles. The molecular formula is C23H28N4O2. The summed E-state index contributed by atoms with van der Waals surface area (Å²) in [7, 11) is 3.32. The molecule has 2 N–H and O–H groups in total. The van der Waals surface area contributed by atoms with E-state index in [1.807, 2.05) is 24.4 Å². The van der Waals surface area contributed by atoms with Gasteiger partial charge in [-0.1, -0.05) is 36.4 Å². The van der Waals surface area contributed by atoms with Crippen molar-refractivity contribution in [3.8, 4) is 11.5 Å². The molecule has 29 heavy (non-hydrogen) atoms. The van der Waals surface area contributed by atoms with Crippen LogP contribution in [0.25, 0.3) is 0 Å². The molecule has 3 aromatic rings. The van der Waals surface area contributed by atoms with Crippen LogP contribution in [0.15, 0.2) is 54.7 Å². The summed E-state index contributed by atoms with van der Waals surface area (Å²) in [5.41, 5.74) is 10.2. The second kappa shape index (κ2) is 8.68. The number of aromatic nitrogens is 2. The van der Waals surface area contributed by atoms with Crippen LogP contribution in [0.2, 0.25) is 0 Å². The molecule has 0 amide bonds. The van der Waals surface area contributed by atoms with Crippen LogP contribution in [0.3, 0.4) is 0 Å². The third-order valence-electron chi connectivity index (χ3n) is 5.51. The molecule has 6 nitrogen and oxygen atoms in total. The van der Waals surface area contributed by atoms with Crippen LogP contribution in [-0.2, 0) is 26.1 Å². The fourth-order valence-electron chi connectivity index (χ4n) is 3.98. The number of methoxy groups -OCH3 is 2. The number of benzene rings is 2. The molecule has 1 unspecified atom stereocenters. The predicted octanol–water partition coefficient (Wildman–Crippen LogP) is 3.16. The van der Waals surface area contributed by atoms with Gasteiger partial charge < -0.3 is 19.8 Å². The molecule has 1 aliphatic heterocycles. The summed E-state index contributed by atoms with van der Waals surface area (Å²) in [4.78, 5) is 7.12. The van der Waals surface area contributed by atoms with E-state index < -0.39 is 0 Å². The van der Waals surface area contributed by atoms with Crippen molar-refractivity contribution < 1.29 is 9.47 Å². The van der Waals surface area contributed by atoms with Crippen molar-refractivity contribution in [2.45, 2.75) is 32.1 Å². The van der Waals surface area contributed by atoms with Gasteiger partial charge in [0.15, 0.2) is 0 Å². The van der Waals surface area contributed by atoms with Crippen molar-refractivity contribution in [1.29, 1.82) is 0 Å². The zero-order chi connectivity index (χ0) is 20.2. The number of fused-ring (bicyclic) bond motifs is 1. The van der Waals surface area contributed by atoms with Crippen LogP contribution in [0, 0.1) is 0 Å². The third kappa shape index (κ3) is 4.28. The summed E-state index contributed by atoms with van der Waals surface area (Å²) in [6.07, 6.45) is 2.63. The molecule has 152 valence electrons. The third-order valence-corrected chi connectivity index (χ3v) is 5.51. The molecule has 1 aliphatic rings. The normalized spacial score (nSPS) is 15.0. The Morgan fingerprint density at radius 2 is 1.90 bits per heavy atom. The first-order chi connectivity index (χ1) is 14.2. The fraction of sp³-hybridized carbons (Fsp3) is 0.348. The Morgan fingerprint density at radius 3 is 2.66 bits per heavy atom. The number of hydrogen-bond acceptors (Lipinski definition) is 5. The van der Waals surface area contributed by atoms with E-state index in [4.69, 9.17) is 15.2 Å². The monoisotopic (exact) mass is 392 g/mol. The van der Waals surface area contributed by atoms with Gasteiger partial charge in [-0.25, -0.2) is 4.98 Å². The molecule has 2 aromatic carbocycles. The Hall–Kier alpha value is -2.83. The molecule has 0 radical (unpaired) electrons. The topological polar surface area (TPSA) is 65.5 Å². The van der Waals surface area contributed by atoms with Crippen molar-refractivity contribution in [3.63, 3.8) is 0 Å². The van der Waals surface area contributed by atoms with E-state index in [1.54, 1.807) is 14.2 Å². The largest absolute Gasteiger partial charge is 0.497 e. The average molecular weight is 393 g/mol. The minimum absolute atomic E-state index is 0.188. The molecule has 1 atom stereocenters. The highest BCUT2D eigenvalue weighted by atomic mass is 16.5. The van der Waals surface area contributed by atoms with Gasteiger partial charge in [0.25, 0.3) is 0 Å². The molecule has 6 heteroatoms. The predicted molar refractivity (Wildman–Crippen MR) is 113 cm³/mol. The number of ether oxygens (including phenoxy) is 2. The van der Waals surface area contributed by atoms with Crippen LogP contribution in [0.4, 0.5) is 0 Å². The van der Waals surface area contributed by atoms with Gasteiger partial charge in [0, 0.05) is 38.4 Å². The first-order valence-electron chi connectivity index (χ1n) is 9.95. The van der Waals surface area contributed by atoms with E-state index in [2.05, 4.69) is 44.8 Å². The highest BCUT2D eigenvalue weighted by Crippen LogP contribution is 2.29. The number of hydrogen-bond donors (Lipinski definition) is 1. The van der Waals surface area contributed by atoms with Crippen molar-refractivity contribution in [3.05, 3.63) is 77.4 Å². The maximum absolute atomic E-state index is 6.56. The molecule has 0 aliphatic carbocycles. The summed E-state index contributed by atoms with van der Waals surface area (Å²) in [6.45, 7) is 3.74. The van der Waals surface area contributed by atoms with Gasteiger partial charge >= 0.3 is 0 Å². The Kier molecular flexibility index (Phi) is 5.83. The number of nitrogens with zero attached hydrogens (tertiary/aromatic N) is 3. The first-order valence-corrected chi connectivity index (χ1v) is 9.95. The number of nitrogens with two attached hydrogens (primary N) is 1. The van der Waals surface area contributed by atoms with E-state index in [-0.39, 0.29) is 6.04 Å². The van der Waals surface area contributed by atoms with Crippen molar-refractivity contribution in [2.24, 2.45) is 5.73 Å². The molecule has 0 saturated carbocycles. The second-order valence-electron chi connectivity index (χ2n) is 7.44. The molecule has 1 aromatic heterocycles. The van der Waals surface area contributed by atoms with E-state index in [0.717, 1.165) is 49.1 Å². The standard InChI is InChI=1S/C23H28N4O2/c1-28-20-9-8-18(22(13-20)29-2)12-21(24)23-25-14-19-16-26(10-11-27(19)23)15-17-6-4-3-5-7-17/h3-9,13-14,21H,10-12,15-16,24H2,1-2H3. The summed E-state index contributed by atoms with van der Waals surface area (Å²) in [5.74, 6) is 2.51. The Balaban J connectivity index is 1.46. The lowest BCUT2D eigenvalue weighted by Gasteiger charge is -2.29. The number of rotatable bonds is 7. The fourth-order valence-corrected chi connectivity index (χ4v) is 3.98. The lowest BCUT2D eigenvalue weighted by Crippen LogP contribution is -2.34. The van der Waals surface area contributed by atoms with Gasteiger partial charge in [0.05, 0.1) is 26.0 Å². The van der Waals surface area contributed by atoms with Crippen molar-refractivity contribution in [2.75, 3.05) is 20.8 Å². The van der Waals surface area contributed by atoms with Crippen LogP contribution < -0.4 is 15.2 Å². The van der Waals surface area contributed by atoms with Crippen LogP contribution in [0.1, 0.15) is 28.7 Å². The Labute approximate surface area is 171 Å². The van der Waals surface area contributed by atoms with Crippen molar-refractivity contribution >= 4 is 0 Å². The zero-order valence-corrected chi connectivity index (χ0v) is 17.0. The zero-order valence-electron chi connectivity index (χ0n) is 17.0. The molecular weight excluding hydrogens is 364 g/mol. The van der Waals surface area contributed by atoms with E-state index in [0.29, 0.717) is 6.42 Å². The van der Waals surface area contributed by atoms with Crippen LogP contribution >= 0.6 is 0 Å². The number of imidazole rings is 1. The maximum atomic E-state index is 6.56. The molecule has 4 rings (SSSR count). The van der Waals surface area contributed by atoms with Gasteiger partial charge in [0.1, 0.15) is 17.3 Å². The Bertz CT molecular complexity index is 955. The summed E-state index contributed by atoms with van der Waals surface area (Å²) < 4.78 is 13.1.